The maximum absolute atomic E-state index is 12.1. The fourth-order valence-electron chi connectivity index (χ4n) is 2.54. The number of rotatable bonds is 1. The summed E-state index contributed by atoms with van der Waals surface area (Å²) in [7, 11) is -2.87. The van der Waals surface area contributed by atoms with E-state index >= 15 is 0 Å². The zero-order chi connectivity index (χ0) is 11.6. The van der Waals surface area contributed by atoms with E-state index in [1.54, 1.807) is 4.90 Å². The minimum absolute atomic E-state index is 0.144. The molecule has 0 aromatic rings. The van der Waals surface area contributed by atoms with Crippen molar-refractivity contribution in [1.29, 1.82) is 0 Å². The highest BCUT2D eigenvalue weighted by atomic mass is 32.2. The third-order valence-corrected chi connectivity index (χ3v) is 5.22. The Morgan fingerprint density at radius 2 is 1.56 bits per heavy atom. The second-order valence-electron chi connectivity index (χ2n) is 4.81. The van der Waals surface area contributed by atoms with Gasteiger partial charge in [-0.2, -0.15) is 0 Å². The molecule has 1 saturated heterocycles. The number of nitrogens with zero attached hydrogens (tertiary/aromatic N) is 1. The van der Waals surface area contributed by atoms with Crippen molar-refractivity contribution in [3.8, 4) is 0 Å². The van der Waals surface area contributed by atoms with Gasteiger partial charge in [0.05, 0.1) is 11.5 Å². The predicted molar refractivity (Wildman–Crippen MR) is 61.8 cm³/mol. The molecule has 5 heteroatoms. The lowest BCUT2D eigenvalue weighted by molar-refractivity contribution is -0.136. The zero-order valence-corrected chi connectivity index (χ0v) is 10.3. The fourth-order valence-corrected chi connectivity index (χ4v) is 3.74. The van der Waals surface area contributed by atoms with Crippen LogP contribution in [0.3, 0.4) is 0 Å². The van der Waals surface area contributed by atoms with E-state index in [-0.39, 0.29) is 23.3 Å². The first-order valence-electron chi connectivity index (χ1n) is 6.08. The largest absolute Gasteiger partial charge is 0.340 e. The average molecular weight is 245 g/mol. The lowest BCUT2D eigenvalue weighted by Crippen LogP contribution is -2.46. The average Bonchev–Trinajstić information content (AvgIpc) is 2.29. The molecule has 0 spiro atoms. The van der Waals surface area contributed by atoms with Crippen molar-refractivity contribution in [1.82, 2.24) is 4.90 Å². The van der Waals surface area contributed by atoms with Crippen molar-refractivity contribution in [3.63, 3.8) is 0 Å². The van der Waals surface area contributed by atoms with Crippen molar-refractivity contribution in [2.75, 3.05) is 24.6 Å². The highest BCUT2D eigenvalue weighted by Crippen LogP contribution is 2.25. The second-order valence-corrected chi connectivity index (χ2v) is 7.12. The molecule has 1 aliphatic heterocycles. The van der Waals surface area contributed by atoms with Crippen LogP contribution in [0.15, 0.2) is 0 Å². The topological polar surface area (TPSA) is 54.5 Å². The molecule has 2 fully saturated rings. The monoisotopic (exact) mass is 245 g/mol. The van der Waals surface area contributed by atoms with Gasteiger partial charge in [-0.15, -0.1) is 0 Å². The SMILES string of the molecule is O=C(C1CCCCC1)N1CCS(=O)(=O)CC1. The van der Waals surface area contributed by atoms with E-state index in [0.717, 1.165) is 25.7 Å². The minimum atomic E-state index is -2.87. The van der Waals surface area contributed by atoms with Gasteiger partial charge in [-0.1, -0.05) is 19.3 Å². The Kier molecular flexibility index (Phi) is 3.52. The molecule has 0 aromatic carbocycles. The van der Waals surface area contributed by atoms with E-state index in [9.17, 15) is 13.2 Å². The van der Waals surface area contributed by atoms with Crippen molar-refractivity contribution >= 4 is 15.7 Å². The smallest absolute Gasteiger partial charge is 0.225 e. The van der Waals surface area contributed by atoms with Crippen LogP contribution in [0, 0.1) is 5.92 Å². The number of hydrogen-bond donors (Lipinski definition) is 0. The molecule has 0 unspecified atom stereocenters. The molecular formula is C11H19NO3S. The molecule has 1 aliphatic carbocycles. The second kappa shape index (κ2) is 4.73. The highest BCUT2D eigenvalue weighted by Gasteiger charge is 2.30. The van der Waals surface area contributed by atoms with Crippen molar-refractivity contribution in [3.05, 3.63) is 0 Å². The van der Waals surface area contributed by atoms with Crippen molar-refractivity contribution < 1.29 is 13.2 Å². The van der Waals surface area contributed by atoms with Crippen LogP contribution in [0.4, 0.5) is 0 Å². The first-order chi connectivity index (χ1) is 7.58. The Hall–Kier alpha value is -0.580. The maximum Gasteiger partial charge on any atom is 0.225 e. The van der Waals surface area contributed by atoms with Crippen LogP contribution in [0.2, 0.25) is 0 Å². The fraction of sp³-hybridized carbons (Fsp3) is 0.909. The molecule has 0 radical (unpaired) electrons. The predicted octanol–water partition coefficient (Wildman–Crippen LogP) is 0.824. The third-order valence-electron chi connectivity index (χ3n) is 3.61. The number of carbonyl (C=O) groups is 1. The zero-order valence-electron chi connectivity index (χ0n) is 9.52. The molecule has 1 heterocycles. The number of sulfone groups is 1. The maximum atomic E-state index is 12.1. The van der Waals surface area contributed by atoms with E-state index in [1.807, 2.05) is 0 Å². The van der Waals surface area contributed by atoms with Gasteiger partial charge >= 0.3 is 0 Å². The van der Waals surface area contributed by atoms with Crippen LogP contribution in [-0.4, -0.2) is 43.8 Å². The Morgan fingerprint density at radius 3 is 2.12 bits per heavy atom. The lowest BCUT2D eigenvalue weighted by atomic mass is 9.88. The summed E-state index contributed by atoms with van der Waals surface area (Å²) in [5.41, 5.74) is 0. The van der Waals surface area contributed by atoms with Gasteiger partial charge in [-0.3, -0.25) is 4.79 Å². The molecule has 0 bridgehead atoms. The van der Waals surface area contributed by atoms with Gasteiger partial charge < -0.3 is 4.90 Å². The first kappa shape index (κ1) is 11.9. The summed E-state index contributed by atoms with van der Waals surface area (Å²) in [5.74, 6) is 0.640. The van der Waals surface area contributed by atoms with Gasteiger partial charge in [0.2, 0.25) is 5.91 Å². The summed E-state index contributed by atoms with van der Waals surface area (Å²) in [5, 5.41) is 0. The molecule has 0 aromatic heterocycles. The van der Waals surface area contributed by atoms with E-state index < -0.39 is 9.84 Å². The number of amides is 1. The molecule has 4 nitrogen and oxygen atoms in total. The highest BCUT2D eigenvalue weighted by molar-refractivity contribution is 7.91. The molecule has 1 amide bonds. The van der Waals surface area contributed by atoms with Gasteiger partial charge in [0.15, 0.2) is 9.84 Å². The van der Waals surface area contributed by atoms with Crippen LogP contribution in [0.1, 0.15) is 32.1 Å². The molecule has 2 rings (SSSR count). The molecule has 0 atom stereocenters. The Bertz CT molecular complexity index is 343. The molecule has 1 saturated carbocycles. The lowest BCUT2D eigenvalue weighted by Gasteiger charge is -2.31. The van der Waals surface area contributed by atoms with Gasteiger partial charge in [0.1, 0.15) is 0 Å². The summed E-state index contributed by atoms with van der Waals surface area (Å²) in [6.07, 6.45) is 5.49. The van der Waals surface area contributed by atoms with E-state index in [2.05, 4.69) is 0 Å². The van der Waals surface area contributed by atoms with Gasteiger partial charge in [-0.25, -0.2) is 8.42 Å². The van der Waals surface area contributed by atoms with E-state index in [4.69, 9.17) is 0 Å². The van der Waals surface area contributed by atoms with Gasteiger partial charge in [-0.05, 0) is 12.8 Å². The normalized spacial score (nSPS) is 26.6. The standard InChI is InChI=1S/C11H19NO3S/c13-11(10-4-2-1-3-5-10)12-6-8-16(14,15)9-7-12/h10H,1-9H2. The summed E-state index contributed by atoms with van der Waals surface area (Å²) in [4.78, 5) is 13.8. The molecular weight excluding hydrogens is 226 g/mol. The molecule has 2 aliphatic rings. The first-order valence-corrected chi connectivity index (χ1v) is 7.90. The van der Waals surface area contributed by atoms with E-state index in [1.165, 1.54) is 6.42 Å². The van der Waals surface area contributed by atoms with Crippen molar-refractivity contribution in [2.45, 2.75) is 32.1 Å². The van der Waals surface area contributed by atoms with Crippen LogP contribution in [-0.2, 0) is 14.6 Å². The summed E-state index contributed by atoms with van der Waals surface area (Å²) >= 11 is 0. The Balaban J connectivity index is 1.90. The molecule has 16 heavy (non-hydrogen) atoms. The van der Waals surface area contributed by atoms with E-state index in [0.29, 0.717) is 13.1 Å². The molecule has 0 N–H and O–H groups in total. The van der Waals surface area contributed by atoms with Gasteiger partial charge in [0.25, 0.3) is 0 Å². The minimum Gasteiger partial charge on any atom is -0.340 e. The van der Waals surface area contributed by atoms with Gasteiger partial charge in [0, 0.05) is 19.0 Å². The summed E-state index contributed by atoms with van der Waals surface area (Å²) in [6.45, 7) is 0.801. The Morgan fingerprint density at radius 1 is 1.00 bits per heavy atom. The third kappa shape index (κ3) is 2.75. The van der Waals surface area contributed by atoms with Crippen LogP contribution < -0.4 is 0 Å². The quantitative estimate of drug-likeness (QED) is 0.687. The summed E-state index contributed by atoms with van der Waals surface area (Å²) < 4.78 is 22.5. The number of carbonyl (C=O) groups excluding carboxylic acids is 1. The summed E-state index contributed by atoms with van der Waals surface area (Å²) in [6, 6.07) is 0. The van der Waals surface area contributed by atoms with Crippen LogP contribution in [0.5, 0.6) is 0 Å². The Labute approximate surface area is 96.9 Å². The van der Waals surface area contributed by atoms with Crippen LogP contribution in [0.25, 0.3) is 0 Å². The van der Waals surface area contributed by atoms with Crippen LogP contribution >= 0.6 is 0 Å². The number of hydrogen-bond acceptors (Lipinski definition) is 3. The molecule has 92 valence electrons. The van der Waals surface area contributed by atoms with Crippen molar-refractivity contribution in [2.24, 2.45) is 5.92 Å².